The minimum atomic E-state index is -1.12. The zero-order valence-corrected chi connectivity index (χ0v) is 19.0. The molecule has 0 saturated carbocycles. The second-order valence-electron chi connectivity index (χ2n) is 9.26. The van der Waals surface area contributed by atoms with Crippen LogP contribution < -0.4 is 10.6 Å². The third kappa shape index (κ3) is 3.65. The van der Waals surface area contributed by atoms with Crippen molar-refractivity contribution in [3.63, 3.8) is 0 Å². The van der Waals surface area contributed by atoms with Crippen molar-refractivity contribution in [2.24, 2.45) is 0 Å². The van der Waals surface area contributed by atoms with Gasteiger partial charge in [0, 0.05) is 30.2 Å². The van der Waals surface area contributed by atoms with Crippen LogP contribution in [0.4, 0.5) is 4.79 Å². The Morgan fingerprint density at radius 3 is 2.42 bits per heavy atom. The number of imide groups is 1. The maximum atomic E-state index is 13.0. The molecule has 2 N–H and O–H groups in total. The Hall–Kier alpha value is -3.68. The minimum absolute atomic E-state index is 0.0258. The largest absolute Gasteiger partial charge is 0.338 e. The van der Waals surface area contributed by atoms with Gasteiger partial charge in [-0.15, -0.1) is 0 Å². The number of benzene rings is 2. The van der Waals surface area contributed by atoms with Gasteiger partial charge in [0.15, 0.2) is 0 Å². The summed E-state index contributed by atoms with van der Waals surface area (Å²) in [6.45, 7) is 7.16. The number of piperidine rings is 1. The number of fused-ring (bicyclic) bond motifs is 1. The van der Waals surface area contributed by atoms with Gasteiger partial charge in [-0.3, -0.25) is 19.6 Å². The van der Waals surface area contributed by atoms with Gasteiger partial charge in [0.2, 0.25) is 0 Å². The fourth-order valence-corrected chi connectivity index (χ4v) is 4.91. The van der Waals surface area contributed by atoms with E-state index in [-0.39, 0.29) is 11.9 Å². The van der Waals surface area contributed by atoms with Crippen LogP contribution in [-0.2, 0) is 10.3 Å². The van der Waals surface area contributed by atoms with E-state index in [2.05, 4.69) is 47.5 Å². The monoisotopic (exact) mass is 445 g/mol. The highest BCUT2D eigenvalue weighted by Crippen LogP contribution is 2.28. The highest BCUT2D eigenvalue weighted by atomic mass is 16.2. The van der Waals surface area contributed by atoms with Crippen LogP contribution in [0, 0.1) is 13.8 Å². The average molecular weight is 446 g/mol. The molecule has 0 radical (unpaired) electrons. The van der Waals surface area contributed by atoms with Gasteiger partial charge in [-0.25, -0.2) is 4.79 Å². The lowest BCUT2D eigenvalue weighted by Crippen LogP contribution is -2.41. The van der Waals surface area contributed by atoms with Crippen LogP contribution >= 0.6 is 0 Å². The number of aromatic nitrogens is 2. The predicted molar refractivity (Wildman–Crippen MR) is 124 cm³/mol. The van der Waals surface area contributed by atoms with Gasteiger partial charge < -0.3 is 10.2 Å². The van der Waals surface area contributed by atoms with Crippen molar-refractivity contribution in [2.45, 2.75) is 45.2 Å². The van der Waals surface area contributed by atoms with Crippen molar-refractivity contribution in [1.82, 2.24) is 25.3 Å². The minimum Gasteiger partial charge on any atom is -0.338 e. The molecule has 1 atom stereocenters. The summed E-state index contributed by atoms with van der Waals surface area (Å²) >= 11 is 0. The summed E-state index contributed by atoms with van der Waals surface area (Å²) in [7, 11) is 0. The van der Waals surface area contributed by atoms with E-state index in [0.717, 1.165) is 23.7 Å². The van der Waals surface area contributed by atoms with E-state index in [1.807, 2.05) is 4.90 Å². The number of rotatable bonds is 3. The highest BCUT2D eigenvalue weighted by molar-refractivity contribution is 6.07. The fourth-order valence-electron chi connectivity index (χ4n) is 4.91. The molecule has 2 saturated heterocycles. The predicted octanol–water partition coefficient (Wildman–Crippen LogP) is 3.19. The van der Waals surface area contributed by atoms with E-state index in [0.29, 0.717) is 24.2 Å². The summed E-state index contributed by atoms with van der Waals surface area (Å²) < 4.78 is 2.06. The number of carbonyl (C=O) groups is 3. The molecule has 0 bridgehead atoms. The summed E-state index contributed by atoms with van der Waals surface area (Å²) in [6.07, 6.45) is 3.81. The summed E-state index contributed by atoms with van der Waals surface area (Å²) in [5.74, 6) is -0.424. The fraction of sp³-hybridized carbons (Fsp3) is 0.360. The zero-order chi connectivity index (χ0) is 23.3. The molecular formula is C25H27N5O3. The van der Waals surface area contributed by atoms with Crippen LogP contribution in [0.15, 0.2) is 42.6 Å². The molecular weight excluding hydrogens is 418 g/mol. The second kappa shape index (κ2) is 7.72. The van der Waals surface area contributed by atoms with E-state index in [1.165, 1.54) is 11.1 Å². The van der Waals surface area contributed by atoms with Crippen molar-refractivity contribution in [3.8, 4) is 0 Å². The first-order valence-electron chi connectivity index (χ1n) is 11.2. The summed E-state index contributed by atoms with van der Waals surface area (Å²) in [5, 5.41) is 10.9. The summed E-state index contributed by atoms with van der Waals surface area (Å²) in [5.41, 5.74) is 3.54. The Labute approximate surface area is 191 Å². The Kier molecular flexibility index (Phi) is 4.96. The van der Waals surface area contributed by atoms with Crippen LogP contribution in [0.25, 0.3) is 10.9 Å². The molecule has 8 nitrogen and oxygen atoms in total. The molecule has 2 aliphatic rings. The Morgan fingerprint density at radius 2 is 1.79 bits per heavy atom. The van der Waals surface area contributed by atoms with Crippen LogP contribution in [-0.4, -0.2) is 45.6 Å². The van der Waals surface area contributed by atoms with Crippen LogP contribution in [0.3, 0.4) is 0 Å². The molecule has 5 rings (SSSR count). The quantitative estimate of drug-likeness (QED) is 0.605. The average Bonchev–Trinajstić information content (AvgIpc) is 3.34. The number of nitrogens with zero attached hydrogens (tertiary/aromatic N) is 3. The lowest BCUT2D eigenvalue weighted by atomic mass is 9.91. The lowest BCUT2D eigenvalue weighted by molar-refractivity contribution is -0.123. The molecule has 2 aliphatic heterocycles. The Morgan fingerprint density at radius 1 is 1.09 bits per heavy atom. The molecule has 33 heavy (non-hydrogen) atoms. The van der Waals surface area contributed by atoms with Gasteiger partial charge in [-0.05, 0) is 62.9 Å². The highest BCUT2D eigenvalue weighted by Gasteiger charge is 2.43. The number of amides is 4. The smallest absolute Gasteiger partial charge is 0.322 e. The molecule has 8 heteroatoms. The molecule has 1 aromatic heterocycles. The van der Waals surface area contributed by atoms with Crippen LogP contribution in [0.2, 0.25) is 0 Å². The Bertz CT molecular complexity index is 1270. The van der Waals surface area contributed by atoms with E-state index in [4.69, 9.17) is 5.10 Å². The zero-order valence-electron chi connectivity index (χ0n) is 19.0. The number of likely N-dealkylation sites (tertiary alicyclic amines) is 1. The van der Waals surface area contributed by atoms with Gasteiger partial charge >= 0.3 is 6.03 Å². The maximum absolute atomic E-state index is 13.0. The molecule has 0 unspecified atom stereocenters. The lowest BCUT2D eigenvalue weighted by Gasteiger charge is -2.32. The van der Waals surface area contributed by atoms with Crippen molar-refractivity contribution in [2.75, 3.05) is 13.1 Å². The van der Waals surface area contributed by atoms with Crippen molar-refractivity contribution < 1.29 is 14.4 Å². The third-order valence-electron chi connectivity index (χ3n) is 6.84. The third-order valence-corrected chi connectivity index (χ3v) is 6.84. The van der Waals surface area contributed by atoms with Crippen molar-refractivity contribution in [3.05, 3.63) is 64.8 Å². The molecule has 4 amide bonds. The van der Waals surface area contributed by atoms with Crippen LogP contribution in [0.1, 0.15) is 52.9 Å². The summed E-state index contributed by atoms with van der Waals surface area (Å²) in [4.78, 5) is 38.6. The maximum Gasteiger partial charge on any atom is 0.322 e. The first-order valence-corrected chi connectivity index (χ1v) is 11.2. The van der Waals surface area contributed by atoms with Gasteiger partial charge in [-0.2, -0.15) is 5.10 Å². The summed E-state index contributed by atoms with van der Waals surface area (Å²) in [6, 6.07) is 11.0. The molecule has 3 heterocycles. The number of carbonyl (C=O) groups excluding carboxylic acids is 3. The topological polar surface area (TPSA) is 96.3 Å². The van der Waals surface area contributed by atoms with Crippen LogP contribution in [0.5, 0.6) is 0 Å². The first-order chi connectivity index (χ1) is 15.7. The SMILES string of the molecule is Cc1cc(C)c2nn(C3CCN(C(=O)c4ccc([C@@]5(C)NC(=O)NC5=O)cc4)CC3)cc2c1. The number of nitrogens with one attached hydrogen (secondary N) is 2. The van der Waals surface area contributed by atoms with Crippen molar-refractivity contribution in [1.29, 1.82) is 0 Å². The molecule has 0 aliphatic carbocycles. The second-order valence-corrected chi connectivity index (χ2v) is 9.26. The van der Waals surface area contributed by atoms with Gasteiger partial charge in [0.05, 0.1) is 11.6 Å². The first kappa shape index (κ1) is 21.2. The van der Waals surface area contributed by atoms with E-state index < -0.39 is 17.5 Å². The van der Waals surface area contributed by atoms with Gasteiger partial charge in [0.25, 0.3) is 11.8 Å². The van der Waals surface area contributed by atoms with Crippen molar-refractivity contribution >= 4 is 28.7 Å². The standard InChI is InChI=1S/C25H27N5O3/c1-15-12-16(2)21-18(13-15)14-30(28-21)20-8-10-29(11-9-20)22(31)17-4-6-19(7-5-17)25(3)23(32)26-24(33)27-25/h4-7,12-14,20H,8-11H2,1-3H3,(H2,26,27,32,33)/t25-/m1/s1. The number of hydrogen-bond acceptors (Lipinski definition) is 4. The van der Waals surface area contributed by atoms with E-state index in [9.17, 15) is 14.4 Å². The van der Waals surface area contributed by atoms with E-state index in [1.54, 1.807) is 31.2 Å². The van der Waals surface area contributed by atoms with Gasteiger partial charge in [-0.1, -0.05) is 23.8 Å². The molecule has 0 spiro atoms. The number of hydrogen-bond donors (Lipinski definition) is 2. The van der Waals surface area contributed by atoms with E-state index >= 15 is 0 Å². The molecule has 2 fully saturated rings. The Balaban J connectivity index is 1.26. The molecule has 3 aromatic rings. The molecule has 170 valence electrons. The van der Waals surface area contributed by atoms with Gasteiger partial charge in [0.1, 0.15) is 5.54 Å². The molecule has 2 aromatic carbocycles. The number of urea groups is 1. The normalized spacial score (nSPS) is 21.4. The number of aryl methyl sites for hydroxylation is 2.